The van der Waals surface area contributed by atoms with Crippen molar-refractivity contribution in [3.63, 3.8) is 0 Å². The molecule has 3 aromatic carbocycles. The highest BCUT2D eigenvalue weighted by Gasteiger charge is 2.15. The Kier molecular flexibility index (Phi) is 5.82. The Labute approximate surface area is 183 Å². The van der Waals surface area contributed by atoms with Gasteiger partial charge in [-0.25, -0.2) is 13.6 Å². The molecule has 0 bridgehead atoms. The first kappa shape index (κ1) is 21.1. The summed E-state index contributed by atoms with van der Waals surface area (Å²) in [5.74, 6) is 1.01. The first-order valence-corrected chi connectivity index (χ1v) is 11.6. The van der Waals surface area contributed by atoms with Crippen molar-refractivity contribution < 1.29 is 8.42 Å². The molecular formula is C24H26N4O2S. The van der Waals surface area contributed by atoms with Crippen molar-refractivity contribution >= 4 is 32.4 Å². The molecule has 0 aliphatic heterocycles. The molecule has 0 radical (unpaired) electrons. The summed E-state index contributed by atoms with van der Waals surface area (Å²) in [7, 11) is 0.420. The van der Waals surface area contributed by atoms with E-state index in [1.54, 1.807) is 24.3 Å². The molecule has 31 heavy (non-hydrogen) atoms. The third kappa shape index (κ3) is 4.64. The topological polar surface area (TPSA) is 82.4 Å². The summed E-state index contributed by atoms with van der Waals surface area (Å²) in [5.41, 5.74) is 4.05. The van der Waals surface area contributed by atoms with Crippen molar-refractivity contribution in [1.82, 2.24) is 9.88 Å². The number of hydrogen-bond acceptors (Lipinski definition) is 4. The number of nitrogens with zero attached hydrogens (tertiary/aromatic N) is 2. The molecule has 0 atom stereocenters. The van der Waals surface area contributed by atoms with E-state index < -0.39 is 10.0 Å². The van der Waals surface area contributed by atoms with E-state index in [0.717, 1.165) is 46.6 Å². The van der Waals surface area contributed by atoms with Crippen molar-refractivity contribution in [2.45, 2.75) is 4.90 Å². The molecule has 6 nitrogen and oxygen atoms in total. The van der Waals surface area contributed by atoms with E-state index in [1.807, 2.05) is 30.3 Å². The summed E-state index contributed by atoms with van der Waals surface area (Å²) in [6.07, 6.45) is 0. The highest BCUT2D eigenvalue weighted by molar-refractivity contribution is 7.89. The molecule has 1 aromatic heterocycles. The quantitative estimate of drug-likeness (QED) is 0.457. The first-order chi connectivity index (χ1) is 14.8. The maximum atomic E-state index is 11.6. The maximum absolute atomic E-state index is 11.6. The molecule has 0 fully saturated rings. The SMILES string of the molecule is CN(C)CCN(c1ccccc1)c1cc2cccc(-c3ccc(S(N)(=O)=O)cc3)c2[nH]1. The number of H-pyrrole nitrogens is 1. The summed E-state index contributed by atoms with van der Waals surface area (Å²) < 4.78 is 23.2. The number of nitrogens with one attached hydrogen (secondary N) is 1. The van der Waals surface area contributed by atoms with E-state index in [9.17, 15) is 8.42 Å². The Morgan fingerprint density at radius 1 is 0.871 bits per heavy atom. The van der Waals surface area contributed by atoms with Gasteiger partial charge in [-0.1, -0.05) is 48.5 Å². The number of aromatic amines is 1. The number of primary sulfonamides is 1. The number of nitrogens with two attached hydrogens (primary N) is 1. The summed E-state index contributed by atoms with van der Waals surface area (Å²) in [6, 6.07) is 25.2. The number of benzene rings is 3. The minimum Gasteiger partial charge on any atom is -0.341 e. The van der Waals surface area contributed by atoms with Gasteiger partial charge in [0.15, 0.2) is 0 Å². The van der Waals surface area contributed by atoms with Crippen LogP contribution in [0, 0.1) is 0 Å². The molecular weight excluding hydrogens is 408 g/mol. The van der Waals surface area contributed by atoms with Gasteiger partial charge in [-0.15, -0.1) is 0 Å². The van der Waals surface area contributed by atoms with Crippen LogP contribution in [0.2, 0.25) is 0 Å². The minimum absolute atomic E-state index is 0.106. The summed E-state index contributed by atoms with van der Waals surface area (Å²) in [4.78, 5) is 8.14. The second-order valence-electron chi connectivity index (χ2n) is 7.78. The van der Waals surface area contributed by atoms with Crippen LogP contribution in [0.5, 0.6) is 0 Å². The summed E-state index contributed by atoms with van der Waals surface area (Å²) >= 11 is 0. The van der Waals surface area contributed by atoms with E-state index in [0.29, 0.717) is 0 Å². The van der Waals surface area contributed by atoms with Crippen LogP contribution in [0.4, 0.5) is 11.5 Å². The van der Waals surface area contributed by atoms with Crippen LogP contribution in [0.1, 0.15) is 0 Å². The fraction of sp³-hybridized carbons (Fsp3) is 0.167. The van der Waals surface area contributed by atoms with Gasteiger partial charge in [0.05, 0.1) is 10.4 Å². The lowest BCUT2D eigenvalue weighted by Crippen LogP contribution is -2.28. The molecule has 0 spiro atoms. The maximum Gasteiger partial charge on any atom is 0.238 e. The lowest BCUT2D eigenvalue weighted by Gasteiger charge is -2.25. The smallest absolute Gasteiger partial charge is 0.238 e. The molecule has 4 rings (SSSR count). The molecule has 160 valence electrons. The number of sulfonamides is 1. The zero-order valence-corrected chi connectivity index (χ0v) is 18.4. The molecule has 1 heterocycles. The fourth-order valence-electron chi connectivity index (χ4n) is 3.65. The Morgan fingerprint density at radius 3 is 2.23 bits per heavy atom. The van der Waals surface area contributed by atoms with Crippen molar-refractivity contribution in [2.24, 2.45) is 5.14 Å². The largest absolute Gasteiger partial charge is 0.341 e. The van der Waals surface area contributed by atoms with Crippen LogP contribution in [-0.4, -0.2) is 45.5 Å². The second-order valence-corrected chi connectivity index (χ2v) is 9.35. The highest BCUT2D eigenvalue weighted by atomic mass is 32.2. The van der Waals surface area contributed by atoms with Crippen LogP contribution in [0.3, 0.4) is 0 Å². The minimum atomic E-state index is -3.71. The Hall–Kier alpha value is -3.13. The molecule has 4 aromatic rings. The second kappa shape index (κ2) is 8.55. The summed E-state index contributed by atoms with van der Waals surface area (Å²) in [6.45, 7) is 1.74. The first-order valence-electron chi connectivity index (χ1n) is 10.1. The van der Waals surface area contributed by atoms with Gasteiger partial charge < -0.3 is 14.8 Å². The zero-order chi connectivity index (χ0) is 22.0. The number of hydrogen-bond donors (Lipinski definition) is 2. The van der Waals surface area contributed by atoms with Gasteiger partial charge in [0, 0.05) is 29.7 Å². The number of rotatable bonds is 7. The van der Waals surface area contributed by atoms with Gasteiger partial charge in [0.1, 0.15) is 5.82 Å². The Bertz CT molecular complexity index is 1280. The van der Waals surface area contributed by atoms with Crippen LogP contribution in [-0.2, 0) is 10.0 Å². The average molecular weight is 435 g/mol. The predicted octanol–water partition coefficient (Wildman–Crippen LogP) is 4.18. The molecule has 0 amide bonds. The van der Waals surface area contributed by atoms with Gasteiger partial charge in [-0.3, -0.25) is 0 Å². The third-order valence-electron chi connectivity index (χ3n) is 5.27. The number of anilines is 2. The van der Waals surface area contributed by atoms with Crippen molar-refractivity contribution in [3.8, 4) is 11.1 Å². The zero-order valence-electron chi connectivity index (χ0n) is 17.6. The molecule has 0 saturated carbocycles. The summed E-state index contributed by atoms with van der Waals surface area (Å²) in [5, 5.41) is 6.33. The van der Waals surface area contributed by atoms with E-state index in [1.165, 1.54) is 0 Å². The lowest BCUT2D eigenvalue weighted by molar-refractivity contribution is 0.418. The molecule has 3 N–H and O–H groups in total. The lowest BCUT2D eigenvalue weighted by atomic mass is 10.0. The average Bonchev–Trinajstić information content (AvgIpc) is 3.18. The monoisotopic (exact) mass is 434 g/mol. The molecule has 0 unspecified atom stereocenters. The Balaban J connectivity index is 1.77. The molecule has 0 aliphatic carbocycles. The standard InChI is InChI=1S/C24H26N4O2S/c1-27(2)15-16-28(20-8-4-3-5-9-20)23-17-19-7-6-10-22(24(19)26-23)18-11-13-21(14-12-18)31(25,29)30/h3-14,17,26H,15-16H2,1-2H3,(H2,25,29,30). The third-order valence-corrected chi connectivity index (χ3v) is 6.19. The van der Waals surface area contributed by atoms with Crippen molar-refractivity contribution in [3.05, 3.63) is 78.9 Å². The van der Waals surface area contributed by atoms with Gasteiger partial charge in [-0.05, 0) is 50.0 Å². The van der Waals surface area contributed by atoms with Gasteiger partial charge in [-0.2, -0.15) is 0 Å². The van der Waals surface area contributed by atoms with Crippen LogP contribution in [0.25, 0.3) is 22.0 Å². The highest BCUT2D eigenvalue weighted by Crippen LogP contribution is 2.33. The van der Waals surface area contributed by atoms with Gasteiger partial charge in [0.2, 0.25) is 10.0 Å². The molecule has 7 heteroatoms. The Morgan fingerprint density at radius 2 is 1.58 bits per heavy atom. The van der Waals surface area contributed by atoms with Gasteiger partial charge >= 0.3 is 0 Å². The number of para-hydroxylation sites is 2. The number of likely N-dealkylation sites (N-methyl/N-ethyl adjacent to an activating group) is 1. The van der Waals surface area contributed by atoms with Crippen LogP contribution in [0.15, 0.2) is 83.8 Å². The van der Waals surface area contributed by atoms with E-state index in [-0.39, 0.29) is 4.90 Å². The van der Waals surface area contributed by atoms with E-state index in [4.69, 9.17) is 5.14 Å². The predicted molar refractivity (Wildman–Crippen MR) is 127 cm³/mol. The van der Waals surface area contributed by atoms with Crippen LogP contribution < -0.4 is 10.0 Å². The normalized spacial score (nSPS) is 11.9. The van der Waals surface area contributed by atoms with E-state index in [2.05, 4.69) is 53.1 Å². The molecule has 0 saturated heterocycles. The fourth-order valence-corrected chi connectivity index (χ4v) is 4.16. The molecule has 0 aliphatic rings. The van der Waals surface area contributed by atoms with Gasteiger partial charge in [0.25, 0.3) is 0 Å². The van der Waals surface area contributed by atoms with Crippen molar-refractivity contribution in [1.29, 1.82) is 0 Å². The number of aromatic nitrogens is 1. The van der Waals surface area contributed by atoms with E-state index >= 15 is 0 Å². The number of fused-ring (bicyclic) bond motifs is 1. The van der Waals surface area contributed by atoms with Crippen molar-refractivity contribution in [2.75, 3.05) is 32.1 Å². The van der Waals surface area contributed by atoms with Crippen LogP contribution >= 0.6 is 0 Å².